The summed E-state index contributed by atoms with van der Waals surface area (Å²) in [6.45, 7) is 13.7. The van der Waals surface area contributed by atoms with Gasteiger partial charge in [0.05, 0.1) is 29.5 Å². The van der Waals surface area contributed by atoms with Crippen molar-refractivity contribution in [3.05, 3.63) is 35.2 Å². The number of aromatic nitrogens is 4. The Labute approximate surface area is 182 Å². The lowest BCUT2D eigenvalue weighted by Gasteiger charge is -2.18. The summed E-state index contributed by atoms with van der Waals surface area (Å²) in [6, 6.07) is 3.88. The fraction of sp³-hybridized carbons (Fsp3) is 0.478. The number of benzene rings is 1. The molecule has 8 heteroatoms. The number of hydrogen-bond acceptors (Lipinski definition) is 4. The predicted octanol–water partition coefficient (Wildman–Crippen LogP) is 3.54. The van der Waals surface area contributed by atoms with E-state index in [2.05, 4.69) is 15.5 Å². The Morgan fingerprint density at radius 3 is 2.55 bits per heavy atom. The van der Waals surface area contributed by atoms with Gasteiger partial charge in [0.25, 0.3) is 0 Å². The zero-order valence-corrected chi connectivity index (χ0v) is 19.1. The second kappa shape index (κ2) is 7.51. The first-order valence-electron chi connectivity index (χ1n) is 10.8. The Morgan fingerprint density at radius 2 is 1.87 bits per heavy atom. The Balaban J connectivity index is 1.52. The van der Waals surface area contributed by atoms with Gasteiger partial charge in [-0.1, -0.05) is 0 Å². The molecule has 3 aromatic rings. The van der Waals surface area contributed by atoms with E-state index in [0.29, 0.717) is 19.5 Å². The number of aryl methyl sites for hydroxylation is 4. The molecule has 31 heavy (non-hydrogen) atoms. The van der Waals surface area contributed by atoms with Crippen LogP contribution in [0.15, 0.2) is 18.3 Å². The van der Waals surface area contributed by atoms with Gasteiger partial charge in [0, 0.05) is 25.2 Å². The molecule has 0 saturated heterocycles. The summed E-state index contributed by atoms with van der Waals surface area (Å²) >= 11 is 0. The first-order chi connectivity index (χ1) is 14.7. The van der Waals surface area contributed by atoms with Gasteiger partial charge in [0.2, 0.25) is 11.8 Å². The Bertz CT molecular complexity index is 1190. The van der Waals surface area contributed by atoms with Crippen molar-refractivity contribution in [2.75, 3.05) is 16.8 Å². The second-order valence-electron chi connectivity index (χ2n) is 8.66. The average Bonchev–Trinajstić information content (AvgIpc) is 3.33. The first kappa shape index (κ1) is 21.1. The molecule has 0 aliphatic carbocycles. The van der Waals surface area contributed by atoms with Crippen LogP contribution in [0, 0.1) is 13.8 Å². The maximum atomic E-state index is 12.8. The lowest BCUT2D eigenvalue weighted by Crippen LogP contribution is -2.36. The van der Waals surface area contributed by atoms with E-state index in [1.54, 1.807) is 6.20 Å². The highest BCUT2D eigenvalue weighted by Crippen LogP contribution is 2.44. The van der Waals surface area contributed by atoms with E-state index in [9.17, 15) is 9.59 Å². The minimum absolute atomic E-state index is 0.0852. The average molecular weight is 423 g/mol. The van der Waals surface area contributed by atoms with E-state index in [4.69, 9.17) is 0 Å². The zero-order chi connectivity index (χ0) is 22.5. The molecule has 3 heterocycles. The highest BCUT2D eigenvalue weighted by Gasteiger charge is 2.44. The Hall–Kier alpha value is -3.16. The van der Waals surface area contributed by atoms with Gasteiger partial charge >= 0.3 is 0 Å². The largest absolute Gasteiger partial charge is 0.326 e. The van der Waals surface area contributed by atoms with E-state index in [0.717, 1.165) is 45.8 Å². The molecule has 2 aromatic heterocycles. The molecule has 4 rings (SSSR count). The summed E-state index contributed by atoms with van der Waals surface area (Å²) in [5.74, 6) is 0.0142. The summed E-state index contributed by atoms with van der Waals surface area (Å²) in [5.41, 5.74) is 5.92. The van der Waals surface area contributed by atoms with Crippen molar-refractivity contribution in [2.24, 2.45) is 0 Å². The van der Waals surface area contributed by atoms with Crippen LogP contribution in [0.4, 0.5) is 11.4 Å². The van der Waals surface area contributed by atoms with Crippen molar-refractivity contribution in [1.82, 2.24) is 19.6 Å². The summed E-state index contributed by atoms with van der Waals surface area (Å²) in [7, 11) is 0. The fourth-order valence-corrected chi connectivity index (χ4v) is 4.60. The number of nitrogens with one attached hydrogen (secondary N) is 1. The van der Waals surface area contributed by atoms with Crippen molar-refractivity contribution in [2.45, 2.75) is 66.5 Å². The van der Waals surface area contributed by atoms with E-state index < -0.39 is 5.41 Å². The van der Waals surface area contributed by atoms with Crippen LogP contribution in [-0.2, 0) is 28.1 Å². The number of amides is 2. The Morgan fingerprint density at radius 1 is 1.13 bits per heavy atom. The van der Waals surface area contributed by atoms with Gasteiger partial charge in [0.15, 0.2) is 0 Å². The SMILES string of the molecule is CCN1C(=O)C(C)(C)c2cc(NC(=O)CCn3ncc4c3c(C)nn4CC)cc(C)c21. The third kappa shape index (κ3) is 3.30. The van der Waals surface area contributed by atoms with Gasteiger partial charge in [-0.2, -0.15) is 10.2 Å². The van der Waals surface area contributed by atoms with Crippen molar-refractivity contribution in [3.63, 3.8) is 0 Å². The molecular formula is C23H30N6O2. The molecule has 0 spiro atoms. The Kier molecular flexibility index (Phi) is 5.11. The van der Waals surface area contributed by atoms with Crippen molar-refractivity contribution in [1.29, 1.82) is 0 Å². The van der Waals surface area contributed by atoms with Crippen LogP contribution in [0.1, 0.15) is 50.9 Å². The summed E-state index contributed by atoms with van der Waals surface area (Å²) in [6.07, 6.45) is 2.10. The van der Waals surface area contributed by atoms with Gasteiger partial charge in [0.1, 0.15) is 11.0 Å². The summed E-state index contributed by atoms with van der Waals surface area (Å²) in [5, 5.41) is 12.0. The highest BCUT2D eigenvalue weighted by molar-refractivity contribution is 6.09. The fourth-order valence-electron chi connectivity index (χ4n) is 4.60. The molecule has 0 unspecified atom stereocenters. The molecule has 1 aromatic carbocycles. The molecule has 0 radical (unpaired) electrons. The zero-order valence-electron chi connectivity index (χ0n) is 19.1. The number of carbonyl (C=O) groups excluding carboxylic acids is 2. The van der Waals surface area contributed by atoms with Crippen LogP contribution in [-0.4, -0.2) is 37.9 Å². The van der Waals surface area contributed by atoms with Gasteiger partial charge < -0.3 is 10.2 Å². The van der Waals surface area contributed by atoms with Crippen LogP contribution in [0.2, 0.25) is 0 Å². The molecule has 2 amide bonds. The van der Waals surface area contributed by atoms with Gasteiger partial charge in [-0.05, 0) is 64.8 Å². The number of carbonyl (C=O) groups is 2. The van der Waals surface area contributed by atoms with Crippen molar-refractivity contribution >= 4 is 34.2 Å². The van der Waals surface area contributed by atoms with Gasteiger partial charge in [-0.15, -0.1) is 0 Å². The molecule has 0 saturated carbocycles. The van der Waals surface area contributed by atoms with Crippen LogP contribution >= 0.6 is 0 Å². The third-order valence-electron chi connectivity index (χ3n) is 6.19. The lowest BCUT2D eigenvalue weighted by molar-refractivity contribution is -0.122. The normalized spacial score (nSPS) is 15.0. The first-order valence-corrected chi connectivity index (χ1v) is 10.8. The number of likely N-dealkylation sites (N-methyl/N-ethyl adjacent to an activating group) is 1. The van der Waals surface area contributed by atoms with Crippen LogP contribution in [0.5, 0.6) is 0 Å². The molecule has 0 fully saturated rings. The standard InChI is InChI=1S/C23H30N6O2/c1-7-27-20-14(3)11-16(12-17(20)23(5,6)22(27)31)25-19(30)9-10-29-21-15(4)26-28(8-2)18(21)13-24-29/h11-13H,7-10H2,1-6H3,(H,25,30). The molecule has 8 nitrogen and oxygen atoms in total. The van der Waals surface area contributed by atoms with E-state index in [1.807, 2.05) is 67.9 Å². The van der Waals surface area contributed by atoms with Gasteiger partial charge in [-0.3, -0.25) is 19.0 Å². The van der Waals surface area contributed by atoms with E-state index >= 15 is 0 Å². The quantitative estimate of drug-likeness (QED) is 0.658. The number of anilines is 2. The molecule has 164 valence electrons. The number of rotatable bonds is 6. The predicted molar refractivity (Wildman–Crippen MR) is 121 cm³/mol. The molecule has 1 aliphatic heterocycles. The van der Waals surface area contributed by atoms with Crippen LogP contribution in [0.3, 0.4) is 0 Å². The maximum absolute atomic E-state index is 12.8. The molecule has 0 atom stereocenters. The number of fused-ring (bicyclic) bond motifs is 2. The van der Waals surface area contributed by atoms with Gasteiger partial charge in [-0.25, -0.2) is 0 Å². The summed E-state index contributed by atoms with van der Waals surface area (Å²) in [4.78, 5) is 27.3. The topological polar surface area (TPSA) is 85.1 Å². The molecule has 1 aliphatic rings. The second-order valence-corrected chi connectivity index (χ2v) is 8.66. The third-order valence-corrected chi connectivity index (χ3v) is 6.19. The molecule has 1 N–H and O–H groups in total. The minimum Gasteiger partial charge on any atom is -0.326 e. The van der Waals surface area contributed by atoms with E-state index in [-0.39, 0.29) is 11.8 Å². The summed E-state index contributed by atoms with van der Waals surface area (Å²) < 4.78 is 3.77. The van der Waals surface area contributed by atoms with Crippen molar-refractivity contribution in [3.8, 4) is 0 Å². The van der Waals surface area contributed by atoms with Crippen molar-refractivity contribution < 1.29 is 9.59 Å². The molecular weight excluding hydrogens is 392 g/mol. The molecule has 0 bridgehead atoms. The lowest BCUT2D eigenvalue weighted by atomic mass is 9.85. The maximum Gasteiger partial charge on any atom is 0.237 e. The van der Waals surface area contributed by atoms with Crippen LogP contribution in [0.25, 0.3) is 11.0 Å². The smallest absolute Gasteiger partial charge is 0.237 e. The highest BCUT2D eigenvalue weighted by atomic mass is 16.2. The number of nitrogens with zero attached hydrogens (tertiary/aromatic N) is 5. The minimum atomic E-state index is -0.603. The number of hydrogen-bond donors (Lipinski definition) is 1. The van der Waals surface area contributed by atoms with E-state index in [1.165, 1.54) is 0 Å². The van der Waals surface area contributed by atoms with Crippen LogP contribution < -0.4 is 10.2 Å². The monoisotopic (exact) mass is 422 g/mol.